The van der Waals surface area contributed by atoms with Gasteiger partial charge in [-0.05, 0) is 50.9 Å². The third-order valence-electron chi connectivity index (χ3n) is 4.81. The molecule has 26 heavy (non-hydrogen) atoms. The van der Waals surface area contributed by atoms with Gasteiger partial charge in [-0.15, -0.1) is 24.8 Å². The van der Waals surface area contributed by atoms with Crippen molar-refractivity contribution >= 4 is 24.8 Å². The van der Waals surface area contributed by atoms with Gasteiger partial charge in [0.1, 0.15) is 11.6 Å². The lowest BCUT2D eigenvalue weighted by molar-refractivity contribution is 0.267. The fourth-order valence-corrected chi connectivity index (χ4v) is 3.52. The summed E-state index contributed by atoms with van der Waals surface area (Å²) in [6.07, 6.45) is 7.34. The van der Waals surface area contributed by atoms with Gasteiger partial charge in [-0.2, -0.15) is 0 Å². The molecule has 3 rings (SSSR count). The SMILES string of the molecule is CCOc1ccc(-c2nccn2[C@@H]2CCN[C@H](CC)C2)cc1CO.Cl.Cl. The zero-order valence-electron chi connectivity index (χ0n) is 15.4. The predicted octanol–water partition coefficient (Wildman–Crippen LogP) is 3.99. The van der Waals surface area contributed by atoms with Crippen LogP contribution >= 0.6 is 24.8 Å². The molecule has 0 amide bonds. The van der Waals surface area contributed by atoms with Crippen LogP contribution in [0.5, 0.6) is 5.75 Å². The van der Waals surface area contributed by atoms with Crippen LogP contribution in [-0.4, -0.2) is 33.9 Å². The lowest BCUT2D eigenvalue weighted by Crippen LogP contribution is -2.38. The molecule has 0 spiro atoms. The van der Waals surface area contributed by atoms with Crippen LogP contribution in [-0.2, 0) is 6.61 Å². The zero-order chi connectivity index (χ0) is 16.9. The molecule has 2 aromatic rings. The molecule has 0 unspecified atom stereocenters. The minimum atomic E-state index is -0.0326. The number of halogens is 2. The van der Waals surface area contributed by atoms with Crippen LogP contribution in [0, 0.1) is 0 Å². The smallest absolute Gasteiger partial charge is 0.140 e. The summed E-state index contributed by atoms with van der Waals surface area (Å²) < 4.78 is 7.87. The molecule has 7 heteroatoms. The lowest BCUT2D eigenvalue weighted by atomic mass is 9.97. The highest BCUT2D eigenvalue weighted by molar-refractivity contribution is 5.85. The zero-order valence-corrected chi connectivity index (χ0v) is 17.0. The van der Waals surface area contributed by atoms with E-state index in [1.54, 1.807) is 0 Å². The molecule has 0 bridgehead atoms. The van der Waals surface area contributed by atoms with Crippen LogP contribution < -0.4 is 10.1 Å². The number of nitrogens with zero attached hydrogens (tertiary/aromatic N) is 2. The molecule has 1 aromatic carbocycles. The summed E-state index contributed by atoms with van der Waals surface area (Å²) in [5.74, 6) is 1.71. The summed E-state index contributed by atoms with van der Waals surface area (Å²) in [6.45, 7) is 5.79. The highest BCUT2D eigenvalue weighted by atomic mass is 35.5. The van der Waals surface area contributed by atoms with Crippen molar-refractivity contribution in [1.82, 2.24) is 14.9 Å². The summed E-state index contributed by atoms with van der Waals surface area (Å²) in [6, 6.07) is 7.00. The highest BCUT2D eigenvalue weighted by Gasteiger charge is 2.23. The third kappa shape index (κ3) is 4.92. The van der Waals surface area contributed by atoms with Crippen LogP contribution in [0.25, 0.3) is 11.4 Å². The molecular formula is C19H29Cl2N3O2. The van der Waals surface area contributed by atoms with E-state index in [9.17, 15) is 5.11 Å². The number of aliphatic hydroxyl groups excluding tert-OH is 1. The molecule has 2 atom stereocenters. The average molecular weight is 402 g/mol. The Labute approximate surface area is 168 Å². The van der Waals surface area contributed by atoms with Gasteiger partial charge in [0, 0.05) is 35.6 Å². The molecule has 0 saturated carbocycles. The van der Waals surface area contributed by atoms with E-state index in [1.165, 1.54) is 0 Å². The number of benzene rings is 1. The fraction of sp³-hybridized carbons (Fsp3) is 0.526. The number of nitrogens with one attached hydrogen (secondary N) is 1. The van der Waals surface area contributed by atoms with Crippen LogP contribution in [0.2, 0.25) is 0 Å². The largest absolute Gasteiger partial charge is 0.494 e. The fourth-order valence-electron chi connectivity index (χ4n) is 3.52. The lowest BCUT2D eigenvalue weighted by Gasteiger charge is -2.31. The molecule has 5 nitrogen and oxygen atoms in total. The summed E-state index contributed by atoms with van der Waals surface area (Å²) >= 11 is 0. The Kier molecular flexibility index (Phi) is 9.44. The Morgan fingerprint density at radius 1 is 1.31 bits per heavy atom. The summed E-state index contributed by atoms with van der Waals surface area (Å²) in [4.78, 5) is 4.58. The molecule has 0 aliphatic carbocycles. The number of aromatic nitrogens is 2. The van der Waals surface area contributed by atoms with Crippen LogP contribution in [0.15, 0.2) is 30.6 Å². The van der Waals surface area contributed by atoms with Crippen molar-refractivity contribution in [3.8, 4) is 17.1 Å². The normalized spacial score (nSPS) is 19.3. The second-order valence-corrected chi connectivity index (χ2v) is 6.31. The Hall–Kier alpha value is -1.27. The first-order valence-electron chi connectivity index (χ1n) is 8.90. The van der Waals surface area contributed by atoms with Gasteiger partial charge in [0.2, 0.25) is 0 Å². The van der Waals surface area contributed by atoms with Crippen molar-refractivity contribution < 1.29 is 9.84 Å². The van der Waals surface area contributed by atoms with Crippen molar-refractivity contribution in [1.29, 1.82) is 0 Å². The average Bonchev–Trinajstić information content (AvgIpc) is 3.12. The van der Waals surface area contributed by atoms with Crippen molar-refractivity contribution in [2.24, 2.45) is 0 Å². The number of piperidine rings is 1. The quantitative estimate of drug-likeness (QED) is 0.767. The number of rotatable bonds is 6. The Morgan fingerprint density at radius 2 is 2.12 bits per heavy atom. The molecular weight excluding hydrogens is 373 g/mol. The summed E-state index contributed by atoms with van der Waals surface area (Å²) in [5, 5.41) is 13.2. The molecule has 1 aliphatic rings. The molecule has 2 heterocycles. The highest BCUT2D eigenvalue weighted by Crippen LogP contribution is 2.31. The van der Waals surface area contributed by atoms with Gasteiger partial charge in [-0.1, -0.05) is 6.92 Å². The number of hydrogen-bond acceptors (Lipinski definition) is 4. The van der Waals surface area contributed by atoms with Gasteiger partial charge in [-0.25, -0.2) is 4.98 Å². The minimum absolute atomic E-state index is 0. The Balaban J connectivity index is 0.00000169. The Bertz CT molecular complexity index is 679. The maximum Gasteiger partial charge on any atom is 0.140 e. The maximum absolute atomic E-state index is 9.64. The van der Waals surface area contributed by atoms with E-state index in [2.05, 4.69) is 28.0 Å². The van der Waals surface area contributed by atoms with Crippen molar-refractivity contribution in [3.63, 3.8) is 0 Å². The van der Waals surface area contributed by atoms with Gasteiger partial charge in [0.25, 0.3) is 0 Å². The number of aliphatic hydroxyl groups is 1. The van der Waals surface area contributed by atoms with E-state index in [0.717, 1.165) is 48.5 Å². The molecule has 1 aliphatic heterocycles. The van der Waals surface area contributed by atoms with Gasteiger partial charge in [0.05, 0.1) is 13.2 Å². The minimum Gasteiger partial charge on any atom is -0.494 e. The first-order chi connectivity index (χ1) is 11.8. The first kappa shape index (κ1) is 22.8. The third-order valence-corrected chi connectivity index (χ3v) is 4.81. The standard InChI is InChI=1S/C19H27N3O2.2ClH/c1-3-16-12-17(7-8-20-16)22-10-9-21-19(22)14-5-6-18(24-4-2)15(11-14)13-23;;/h5-6,9-11,16-17,20,23H,3-4,7-8,12-13H2,1-2H3;2*1H/t16-,17-;;/m1../s1. The Morgan fingerprint density at radius 3 is 2.81 bits per heavy atom. The van der Waals surface area contributed by atoms with Crippen molar-refractivity contribution in [2.45, 2.75) is 51.8 Å². The van der Waals surface area contributed by atoms with Gasteiger partial charge in [-0.3, -0.25) is 0 Å². The van der Waals surface area contributed by atoms with Crippen LogP contribution in [0.4, 0.5) is 0 Å². The van der Waals surface area contributed by atoms with Crippen molar-refractivity contribution in [3.05, 3.63) is 36.2 Å². The monoisotopic (exact) mass is 401 g/mol. The van der Waals surface area contributed by atoms with E-state index in [-0.39, 0.29) is 31.4 Å². The molecule has 2 N–H and O–H groups in total. The van der Waals surface area contributed by atoms with E-state index in [4.69, 9.17) is 4.74 Å². The molecule has 0 radical (unpaired) electrons. The first-order valence-corrected chi connectivity index (χ1v) is 8.90. The second-order valence-electron chi connectivity index (χ2n) is 6.31. The van der Waals surface area contributed by atoms with E-state index < -0.39 is 0 Å². The molecule has 1 saturated heterocycles. The maximum atomic E-state index is 9.64. The van der Waals surface area contributed by atoms with Gasteiger partial charge in [0.15, 0.2) is 0 Å². The topological polar surface area (TPSA) is 59.3 Å². The number of imidazole rings is 1. The predicted molar refractivity (Wildman–Crippen MR) is 110 cm³/mol. The second kappa shape index (κ2) is 10.8. The van der Waals surface area contributed by atoms with Gasteiger partial charge < -0.3 is 19.7 Å². The summed E-state index contributed by atoms with van der Waals surface area (Å²) in [7, 11) is 0. The van der Waals surface area contributed by atoms with Crippen LogP contribution in [0.1, 0.15) is 44.7 Å². The van der Waals surface area contributed by atoms with Gasteiger partial charge >= 0.3 is 0 Å². The number of hydrogen-bond donors (Lipinski definition) is 2. The summed E-state index contributed by atoms with van der Waals surface area (Å²) in [5.41, 5.74) is 1.83. The molecule has 146 valence electrons. The molecule has 1 aromatic heterocycles. The van der Waals surface area contributed by atoms with Crippen LogP contribution in [0.3, 0.4) is 0 Å². The van der Waals surface area contributed by atoms with Crippen molar-refractivity contribution in [2.75, 3.05) is 13.2 Å². The van der Waals surface area contributed by atoms with E-state index >= 15 is 0 Å². The van der Waals surface area contributed by atoms with E-state index in [1.807, 2.05) is 31.3 Å². The van der Waals surface area contributed by atoms with E-state index in [0.29, 0.717) is 18.7 Å². The molecule has 1 fully saturated rings. The number of ether oxygens (including phenoxy) is 1.